The van der Waals surface area contributed by atoms with Crippen molar-refractivity contribution in [1.29, 1.82) is 5.26 Å². The van der Waals surface area contributed by atoms with Gasteiger partial charge in [0.2, 0.25) is 0 Å². The summed E-state index contributed by atoms with van der Waals surface area (Å²) in [5.74, 6) is 1.40. The highest BCUT2D eigenvalue weighted by Crippen LogP contribution is 2.21. The first-order chi connectivity index (χ1) is 14.6. The van der Waals surface area contributed by atoms with Crippen LogP contribution in [0.5, 0.6) is 11.5 Å². The van der Waals surface area contributed by atoms with E-state index < -0.39 is 0 Å². The van der Waals surface area contributed by atoms with E-state index in [1.54, 1.807) is 36.1 Å². The Morgan fingerprint density at radius 2 is 1.87 bits per heavy atom. The first-order valence-electron chi connectivity index (χ1n) is 9.49. The Morgan fingerprint density at radius 1 is 1.17 bits per heavy atom. The third-order valence-corrected chi connectivity index (χ3v) is 4.45. The summed E-state index contributed by atoms with van der Waals surface area (Å²) >= 11 is 0. The summed E-state index contributed by atoms with van der Waals surface area (Å²) in [5.41, 5.74) is 7.87. The third-order valence-electron chi connectivity index (χ3n) is 4.45. The molecule has 1 heterocycles. The molecule has 3 aromatic rings. The van der Waals surface area contributed by atoms with Gasteiger partial charge in [0.25, 0.3) is 5.91 Å². The van der Waals surface area contributed by atoms with Gasteiger partial charge in [-0.25, -0.2) is 4.68 Å². The minimum atomic E-state index is -0.222. The van der Waals surface area contributed by atoms with Crippen molar-refractivity contribution in [2.24, 2.45) is 0 Å². The number of carbonyl (C=O) groups is 1. The van der Waals surface area contributed by atoms with E-state index in [4.69, 9.17) is 15.2 Å². The molecule has 0 aliphatic carbocycles. The van der Waals surface area contributed by atoms with Gasteiger partial charge in [0.05, 0.1) is 18.5 Å². The van der Waals surface area contributed by atoms with Crippen LogP contribution in [0.3, 0.4) is 0 Å². The van der Waals surface area contributed by atoms with E-state index in [0.717, 1.165) is 11.4 Å². The summed E-state index contributed by atoms with van der Waals surface area (Å²) in [6.45, 7) is 0.360. The summed E-state index contributed by atoms with van der Waals surface area (Å²) in [6.07, 6.45) is 1.14. The third kappa shape index (κ3) is 5.08. The minimum Gasteiger partial charge on any atom is -0.497 e. The lowest BCUT2D eigenvalue weighted by Crippen LogP contribution is -2.29. The number of benzene rings is 2. The fraction of sp³-hybridized carbons (Fsp3) is 0.227. The number of methoxy groups -OCH3 is 1. The molecule has 0 unspecified atom stereocenters. The highest BCUT2D eigenvalue weighted by Gasteiger charge is 2.16. The van der Waals surface area contributed by atoms with Crippen molar-refractivity contribution in [3.05, 3.63) is 65.9 Å². The zero-order valence-corrected chi connectivity index (χ0v) is 16.7. The molecule has 0 atom stereocenters. The normalized spacial score (nSPS) is 10.3. The number of para-hydroxylation sites is 1. The average Bonchev–Trinajstić information content (AvgIpc) is 3.11. The number of nitrogens with two attached hydrogens (primary N) is 1. The number of ether oxygens (including phenoxy) is 2. The van der Waals surface area contributed by atoms with E-state index in [-0.39, 0.29) is 12.5 Å². The highest BCUT2D eigenvalue weighted by atomic mass is 16.5. The molecule has 154 valence electrons. The summed E-state index contributed by atoms with van der Waals surface area (Å²) in [5, 5.41) is 16.7. The Morgan fingerprint density at radius 3 is 2.53 bits per heavy atom. The molecular weight excluding hydrogens is 382 g/mol. The zero-order valence-electron chi connectivity index (χ0n) is 16.7. The van der Waals surface area contributed by atoms with Crippen molar-refractivity contribution in [3.8, 4) is 23.3 Å². The Labute approximate surface area is 174 Å². The number of nitrogens with zero attached hydrogens (tertiary/aromatic N) is 3. The topological polar surface area (TPSA) is 115 Å². The predicted octanol–water partition coefficient (Wildman–Crippen LogP) is 2.46. The molecule has 0 fully saturated rings. The lowest BCUT2D eigenvalue weighted by atomic mass is 10.1. The highest BCUT2D eigenvalue weighted by molar-refractivity contribution is 5.77. The summed E-state index contributed by atoms with van der Waals surface area (Å²) in [4.78, 5) is 12.0. The van der Waals surface area contributed by atoms with Crippen LogP contribution in [-0.4, -0.2) is 35.9 Å². The number of nitrogen functional groups attached to an aromatic ring is 1. The second-order valence-corrected chi connectivity index (χ2v) is 6.48. The van der Waals surface area contributed by atoms with Crippen LogP contribution in [0, 0.1) is 11.3 Å². The van der Waals surface area contributed by atoms with Crippen LogP contribution in [0.15, 0.2) is 54.6 Å². The Hall–Kier alpha value is -3.99. The average molecular weight is 405 g/mol. The first kappa shape index (κ1) is 20.7. The summed E-state index contributed by atoms with van der Waals surface area (Å²) in [6, 6.07) is 18.5. The molecule has 30 heavy (non-hydrogen) atoms. The summed E-state index contributed by atoms with van der Waals surface area (Å²) < 4.78 is 12.1. The van der Waals surface area contributed by atoms with Crippen LogP contribution < -0.4 is 20.5 Å². The van der Waals surface area contributed by atoms with Gasteiger partial charge in [0, 0.05) is 6.54 Å². The lowest BCUT2D eigenvalue weighted by Gasteiger charge is -2.08. The maximum absolute atomic E-state index is 12.0. The lowest BCUT2D eigenvalue weighted by molar-refractivity contribution is -0.123. The zero-order chi connectivity index (χ0) is 21.3. The van der Waals surface area contributed by atoms with E-state index in [0.29, 0.717) is 42.2 Å². The van der Waals surface area contributed by atoms with Gasteiger partial charge >= 0.3 is 0 Å². The Bertz CT molecular complexity index is 1020. The molecule has 0 bridgehead atoms. The standard InChI is InChI=1S/C22H23N5O3/c1-29-17-9-11-18(12-10-17)30-15-21(28)25-13-5-8-20-19(14-23)22(24)27(26-20)16-6-3-2-4-7-16/h2-4,6-7,9-12H,5,8,13,15,24H2,1H3,(H,25,28). The first-order valence-corrected chi connectivity index (χ1v) is 9.49. The number of nitriles is 1. The Balaban J connectivity index is 1.48. The monoisotopic (exact) mass is 405 g/mol. The van der Waals surface area contributed by atoms with E-state index in [2.05, 4.69) is 16.5 Å². The molecular formula is C22H23N5O3. The molecule has 8 nitrogen and oxygen atoms in total. The number of carbonyl (C=O) groups excluding carboxylic acids is 1. The van der Waals surface area contributed by atoms with Crippen LogP contribution in [0.4, 0.5) is 5.82 Å². The number of rotatable bonds is 9. The number of anilines is 1. The maximum Gasteiger partial charge on any atom is 0.257 e. The van der Waals surface area contributed by atoms with Gasteiger partial charge in [-0.2, -0.15) is 10.4 Å². The van der Waals surface area contributed by atoms with E-state index >= 15 is 0 Å². The minimum absolute atomic E-state index is 0.0780. The van der Waals surface area contributed by atoms with Crippen molar-refractivity contribution >= 4 is 11.7 Å². The molecule has 1 aromatic heterocycles. The molecule has 0 aliphatic heterocycles. The molecule has 8 heteroatoms. The van der Waals surface area contributed by atoms with Gasteiger partial charge in [0.15, 0.2) is 6.61 Å². The van der Waals surface area contributed by atoms with Gasteiger partial charge in [-0.15, -0.1) is 0 Å². The molecule has 3 rings (SSSR count). The van der Waals surface area contributed by atoms with Crippen LogP contribution >= 0.6 is 0 Å². The van der Waals surface area contributed by atoms with E-state index in [1.165, 1.54) is 0 Å². The van der Waals surface area contributed by atoms with Crippen LogP contribution in [-0.2, 0) is 11.2 Å². The largest absolute Gasteiger partial charge is 0.497 e. The molecule has 0 radical (unpaired) electrons. The molecule has 3 N–H and O–H groups in total. The van der Waals surface area contributed by atoms with Crippen molar-refractivity contribution < 1.29 is 14.3 Å². The van der Waals surface area contributed by atoms with E-state index in [1.807, 2.05) is 30.3 Å². The fourth-order valence-corrected chi connectivity index (χ4v) is 2.90. The number of nitrogens with one attached hydrogen (secondary N) is 1. The van der Waals surface area contributed by atoms with Gasteiger partial charge in [-0.3, -0.25) is 4.79 Å². The van der Waals surface area contributed by atoms with Crippen molar-refractivity contribution in [2.75, 3.05) is 26.0 Å². The smallest absolute Gasteiger partial charge is 0.257 e. The molecule has 0 saturated carbocycles. The van der Waals surface area contributed by atoms with Crippen molar-refractivity contribution in [3.63, 3.8) is 0 Å². The van der Waals surface area contributed by atoms with Crippen LogP contribution in [0.1, 0.15) is 17.7 Å². The molecule has 1 amide bonds. The second kappa shape index (κ2) is 9.98. The van der Waals surface area contributed by atoms with Crippen LogP contribution in [0.25, 0.3) is 5.69 Å². The predicted molar refractivity (Wildman–Crippen MR) is 113 cm³/mol. The summed E-state index contributed by atoms with van der Waals surface area (Å²) in [7, 11) is 1.59. The molecule has 0 aliphatic rings. The van der Waals surface area contributed by atoms with Crippen molar-refractivity contribution in [1.82, 2.24) is 15.1 Å². The number of hydrogen-bond donors (Lipinski definition) is 2. The molecule has 0 spiro atoms. The van der Waals surface area contributed by atoms with Gasteiger partial charge in [-0.1, -0.05) is 18.2 Å². The van der Waals surface area contributed by atoms with Gasteiger partial charge in [-0.05, 0) is 49.2 Å². The molecule has 0 saturated heterocycles. The van der Waals surface area contributed by atoms with Gasteiger partial charge in [0.1, 0.15) is 28.9 Å². The molecule has 2 aromatic carbocycles. The number of aryl methyl sites for hydroxylation is 1. The number of amides is 1. The Kier molecular flexibility index (Phi) is 6.90. The second-order valence-electron chi connectivity index (χ2n) is 6.48. The SMILES string of the molecule is COc1ccc(OCC(=O)NCCCc2nn(-c3ccccc3)c(N)c2C#N)cc1. The van der Waals surface area contributed by atoms with E-state index in [9.17, 15) is 10.1 Å². The quantitative estimate of drug-likeness (QED) is 0.529. The fourth-order valence-electron chi connectivity index (χ4n) is 2.90. The van der Waals surface area contributed by atoms with Crippen molar-refractivity contribution in [2.45, 2.75) is 12.8 Å². The number of hydrogen-bond acceptors (Lipinski definition) is 6. The maximum atomic E-state index is 12.0. The van der Waals surface area contributed by atoms with Crippen LogP contribution in [0.2, 0.25) is 0 Å². The number of aromatic nitrogens is 2. The van der Waals surface area contributed by atoms with Gasteiger partial charge < -0.3 is 20.5 Å².